The Balaban J connectivity index is 2.64. The molecule has 98 valence electrons. The number of rotatable bonds is 5. The van der Waals surface area contributed by atoms with E-state index in [1.807, 2.05) is 6.07 Å². The van der Waals surface area contributed by atoms with Crippen molar-refractivity contribution in [2.24, 2.45) is 11.3 Å². The third-order valence-electron chi connectivity index (χ3n) is 2.62. The van der Waals surface area contributed by atoms with Gasteiger partial charge in [0, 0.05) is 6.54 Å². The quantitative estimate of drug-likeness (QED) is 0.834. The molecule has 0 saturated heterocycles. The van der Waals surface area contributed by atoms with Crippen LogP contribution < -0.4 is 11.1 Å². The number of aromatic nitrogens is 2. The minimum Gasteiger partial charge on any atom is -0.382 e. The first-order valence-electron chi connectivity index (χ1n) is 6.10. The van der Waals surface area contributed by atoms with Crippen molar-refractivity contribution in [2.75, 3.05) is 17.6 Å². The molecule has 1 aromatic heterocycles. The van der Waals surface area contributed by atoms with E-state index in [-0.39, 0.29) is 11.2 Å². The molecule has 1 aromatic rings. The molecule has 1 heterocycles. The molecule has 0 atom stereocenters. The molecule has 1 rings (SSSR count). The molecule has 0 aliphatic rings. The van der Waals surface area contributed by atoms with Crippen molar-refractivity contribution >= 4 is 11.8 Å². The van der Waals surface area contributed by atoms with E-state index in [1.165, 1.54) is 6.20 Å². The van der Waals surface area contributed by atoms with Crippen LogP contribution in [0.5, 0.6) is 0 Å². The minimum atomic E-state index is 0.167. The van der Waals surface area contributed by atoms with Crippen molar-refractivity contribution < 1.29 is 0 Å². The predicted molar refractivity (Wildman–Crippen MR) is 72.9 cm³/mol. The lowest BCUT2D eigenvalue weighted by Gasteiger charge is -2.26. The molecule has 0 spiro atoms. The first kappa shape index (κ1) is 14.2. The molecule has 0 bridgehead atoms. The Morgan fingerprint density at radius 3 is 2.67 bits per heavy atom. The van der Waals surface area contributed by atoms with Crippen molar-refractivity contribution in [2.45, 2.75) is 34.1 Å². The summed E-state index contributed by atoms with van der Waals surface area (Å²) in [6.07, 6.45) is 2.56. The van der Waals surface area contributed by atoms with Crippen LogP contribution in [0.2, 0.25) is 0 Å². The van der Waals surface area contributed by atoms with E-state index in [4.69, 9.17) is 11.0 Å². The number of nitrogen functional groups attached to an aromatic ring is 1. The maximum Gasteiger partial charge on any atom is 0.224 e. The van der Waals surface area contributed by atoms with Crippen LogP contribution in [0.4, 0.5) is 11.8 Å². The Morgan fingerprint density at radius 1 is 1.50 bits per heavy atom. The van der Waals surface area contributed by atoms with Crippen LogP contribution in [0.1, 0.15) is 39.7 Å². The maximum absolute atomic E-state index is 8.74. The Bertz CT molecular complexity index is 445. The molecular formula is C13H21N5. The SMILES string of the molecule is CC(C)CC(C)(C)CNc1ncc(C#N)c(N)n1. The van der Waals surface area contributed by atoms with Crippen LogP contribution in [0.3, 0.4) is 0 Å². The van der Waals surface area contributed by atoms with Crippen LogP contribution in [-0.4, -0.2) is 16.5 Å². The zero-order valence-electron chi connectivity index (χ0n) is 11.5. The van der Waals surface area contributed by atoms with Crippen molar-refractivity contribution in [1.29, 1.82) is 5.26 Å². The van der Waals surface area contributed by atoms with Crippen molar-refractivity contribution in [3.05, 3.63) is 11.8 Å². The molecule has 5 heteroatoms. The number of hydrogen-bond acceptors (Lipinski definition) is 5. The molecule has 0 fully saturated rings. The van der Waals surface area contributed by atoms with Gasteiger partial charge >= 0.3 is 0 Å². The van der Waals surface area contributed by atoms with Crippen LogP contribution in [-0.2, 0) is 0 Å². The van der Waals surface area contributed by atoms with Gasteiger partial charge in [0.25, 0.3) is 0 Å². The van der Waals surface area contributed by atoms with E-state index in [0.29, 0.717) is 17.4 Å². The van der Waals surface area contributed by atoms with Gasteiger partial charge in [-0.15, -0.1) is 0 Å². The highest BCUT2D eigenvalue weighted by Gasteiger charge is 2.19. The van der Waals surface area contributed by atoms with Crippen molar-refractivity contribution in [3.63, 3.8) is 0 Å². The van der Waals surface area contributed by atoms with Crippen LogP contribution in [0.15, 0.2) is 6.20 Å². The summed E-state index contributed by atoms with van der Waals surface area (Å²) in [4.78, 5) is 8.13. The molecular weight excluding hydrogens is 226 g/mol. The first-order chi connectivity index (χ1) is 8.34. The van der Waals surface area contributed by atoms with E-state index >= 15 is 0 Å². The third-order valence-corrected chi connectivity index (χ3v) is 2.62. The highest BCUT2D eigenvalue weighted by Crippen LogP contribution is 2.25. The molecule has 0 aliphatic carbocycles. The van der Waals surface area contributed by atoms with Crippen molar-refractivity contribution in [1.82, 2.24) is 9.97 Å². The summed E-state index contributed by atoms with van der Waals surface area (Å²) in [5.74, 6) is 1.34. The van der Waals surface area contributed by atoms with E-state index in [0.717, 1.165) is 13.0 Å². The fraction of sp³-hybridized carbons (Fsp3) is 0.615. The standard InChI is InChI=1S/C13H21N5/c1-9(2)5-13(3,4)8-17-12-16-7-10(6-14)11(15)18-12/h7,9H,5,8H2,1-4H3,(H3,15,16,17,18). The zero-order chi connectivity index (χ0) is 13.8. The highest BCUT2D eigenvalue weighted by molar-refractivity contribution is 5.49. The topological polar surface area (TPSA) is 87.6 Å². The molecule has 0 amide bonds. The molecule has 5 nitrogen and oxygen atoms in total. The largest absolute Gasteiger partial charge is 0.382 e. The Morgan fingerprint density at radius 2 is 2.17 bits per heavy atom. The van der Waals surface area contributed by atoms with E-state index in [9.17, 15) is 0 Å². The Labute approximate surface area is 108 Å². The van der Waals surface area contributed by atoms with Gasteiger partial charge in [-0.2, -0.15) is 10.2 Å². The smallest absolute Gasteiger partial charge is 0.224 e. The summed E-state index contributed by atoms with van der Waals surface area (Å²) in [6, 6.07) is 1.94. The van der Waals surface area contributed by atoms with Gasteiger partial charge in [-0.05, 0) is 17.8 Å². The van der Waals surface area contributed by atoms with E-state index in [1.54, 1.807) is 0 Å². The van der Waals surface area contributed by atoms with Gasteiger partial charge in [-0.3, -0.25) is 0 Å². The van der Waals surface area contributed by atoms with Gasteiger partial charge in [0.2, 0.25) is 5.95 Å². The summed E-state index contributed by atoms with van der Waals surface area (Å²) in [5.41, 5.74) is 6.11. The second-order valence-electron chi connectivity index (χ2n) is 5.72. The zero-order valence-corrected chi connectivity index (χ0v) is 11.5. The number of nitrogens with zero attached hydrogens (tertiary/aromatic N) is 3. The average Bonchev–Trinajstić information content (AvgIpc) is 2.25. The fourth-order valence-electron chi connectivity index (χ4n) is 2.06. The second kappa shape index (κ2) is 5.67. The Hall–Kier alpha value is -1.83. The van der Waals surface area contributed by atoms with Gasteiger partial charge in [0.1, 0.15) is 17.5 Å². The van der Waals surface area contributed by atoms with Crippen LogP contribution >= 0.6 is 0 Å². The van der Waals surface area contributed by atoms with Gasteiger partial charge in [0.15, 0.2) is 0 Å². The highest BCUT2D eigenvalue weighted by atomic mass is 15.1. The lowest BCUT2D eigenvalue weighted by molar-refractivity contribution is 0.306. The van der Waals surface area contributed by atoms with Gasteiger partial charge in [0.05, 0.1) is 6.20 Å². The average molecular weight is 247 g/mol. The molecule has 0 aliphatic heterocycles. The molecule has 0 unspecified atom stereocenters. The van der Waals surface area contributed by atoms with Crippen LogP contribution in [0, 0.1) is 22.7 Å². The number of nitrogens with one attached hydrogen (secondary N) is 1. The predicted octanol–water partition coefficient (Wildman–Crippen LogP) is 2.41. The summed E-state index contributed by atoms with van der Waals surface area (Å²) in [5, 5.41) is 11.9. The summed E-state index contributed by atoms with van der Waals surface area (Å²) >= 11 is 0. The van der Waals surface area contributed by atoms with Crippen molar-refractivity contribution in [3.8, 4) is 6.07 Å². The minimum absolute atomic E-state index is 0.167. The fourth-order valence-corrected chi connectivity index (χ4v) is 2.06. The molecule has 0 radical (unpaired) electrons. The number of nitriles is 1. The summed E-state index contributed by atoms with van der Waals surface area (Å²) in [7, 11) is 0. The van der Waals surface area contributed by atoms with E-state index < -0.39 is 0 Å². The van der Waals surface area contributed by atoms with Gasteiger partial charge < -0.3 is 11.1 Å². The maximum atomic E-state index is 8.74. The van der Waals surface area contributed by atoms with Crippen LogP contribution in [0.25, 0.3) is 0 Å². The Kier molecular flexibility index (Phi) is 4.49. The summed E-state index contributed by atoms with van der Waals surface area (Å²) in [6.45, 7) is 9.59. The van der Waals surface area contributed by atoms with Gasteiger partial charge in [-0.1, -0.05) is 27.7 Å². The lowest BCUT2D eigenvalue weighted by Crippen LogP contribution is -2.25. The number of anilines is 2. The molecule has 18 heavy (non-hydrogen) atoms. The lowest BCUT2D eigenvalue weighted by atomic mass is 9.84. The number of hydrogen-bond donors (Lipinski definition) is 2. The number of nitrogens with two attached hydrogens (primary N) is 1. The monoisotopic (exact) mass is 247 g/mol. The summed E-state index contributed by atoms with van der Waals surface area (Å²) < 4.78 is 0. The molecule has 0 saturated carbocycles. The van der Waals surface area contributed by atoms with Gasteiger partial charge in [-0.25, -0.2) is 4.98 Å². The third kappa shape index (κ3) is 4.21. The molecule has 3 N–H and O–H groups in total. The second-order valence-corrected chi connectivity index (χ2v) is 5.72. The normalized spacial score (nSPS) is 11.3. The van der Waals surface area contributed by atoms with E-state index in [2.05, 4.69) is 43.0 Å². The molecule has 0 aromatic carbocycles. The first-order valence-corrected chi connectivity index (χ1v) is 6.10.